The summed E-state index contributed by atoms with van der Waals surface area (Å²) in [7, 11) is 0. The number of nitrogens with zero attached hydrogens (tertiary/aromatic N) is 1. The topological polar surface area (TPSA) is 22.1 Å². The van der Waals surface area contributed by atoms with E-state index in [4.69, 9.17) is 4.74 Å². The van der Waals surface area contributed by atoms with Crippen LogP contribution < -0.4 is 4.74 Å². The number of aryl methyl sites for hydroxylation is 2. The van der Waals surface area contributed by atoms with Crippen molar-refractivity contribution < 1.29 is 17.9 Å². The van der Waals surface area contributed by atoms with E-state index in [-0.39, 0.29) is 0 Å². The van der Waals surface area contributed by atoms with Gasteiger partial charge in [-0.1, -0.05) is 24.3 Å². The molecule has 0 radical (unpaired) electrons. The van der Waals surface area contributed by atoms with Crippen molar-refractivity contribution in [2.24, 2.45) is 0 Å². The van der Waals surface area contributed by atoms with Gasteiger partial charge in [-0.05, 0) is 61.9 Å². The maximum atomic E-state index is 12.7. The number of ether oxygens (including phenoxy) is 1. The molecule has 0 N–H and O–H groups in total. The molecule has 1 heterocycles. The van der Waals surface area contributed by atoms with Crippen LogP contribution in [-0.2, 0) is 25.4 Å². The van der Waals surface area contributed by atoms with Gasteiger partial charge < -0.3 is 4.74 Å². The predicted octanol–water partition coefficient (Wildman–Crippen LogP) is 6.64. The number of thiazole rings is 1. The van der Waals surface area contributed by atoms with Crippen LogP contribution in [-0.4, -0.2) is 11.6 Å². The zero-order valence-corrected chi connectivity index (χ0v) is 17.0. The fourth-order valence-electron chi connectivity index (χ4n) is 3.72. The van der Waals surface area contributed by atoms with Crippen molar-refractivity contribution in [2.45, 2.75) is 45.2 Å². The Morgan fingerprint density at radius 2 is 1.79 bits per heavy atom. The first-order valence-corrected chi connectivity index (χ1v) is 10.6. The van der Waals surface area contributed by atoms with Crippen LogP contribution in [0, 0.1) is 6.92 Å². The third-order valence-electron chi connectivity index (χ3n) is 5.29. The van der Waals surface area contributed by atoms with E-state index in [0.29, 0.717) is 12.2 Å². The molecule has 6 heteroatoms. The number of fused-ring (bicyclic) bond motifs is 1. The fourth-order valence-corrected chi connectivity index (χ4v) is 4.77. The second-order valence-corrected chi connectivity index (χ2v) is 8.39. The summed E-state index contributed by atoms with van der Waals surface area (Å²) in [5, 5.41) is 0.739. The van der Waals surface area contributed by atoms with Crippen LogP contribution in [0.2, 0.25) is 0 Å². The van der Waals surface area contributed by atoms with Crippen LogP contribution in [0.5, 0.6) is 5.75 Å². The molecule has 0 saturated carbocycles. The van der Waals surface area contributed by atoms with Crippen LogP contribution in [0.25, 0.3) is 10.6 Å². The Morgan fingerprint density at radius 3 is 2.55 bits per heavy atom. The molecule has 2 aromatic carbocycles. The van der Waals surface area contributed by atoms with E-state index >= 15 is 0 Å². The minimum atomic E-state index is -4.32. The van der Waals surface area contributed by atoms with Gasteiger partial charge in [-0.15, -0.1) is 11.3 Å². The van der Waals surface area contributed by atoms with Crippen molar-refractivity contribution in [3.05, 3.63) is 69.7 Å². The summed E-state index contributed by atoms with van der Waals surface area (Å²) in [4.78, 5) is 5.65. The molecule has 0 fully saturated rings. The van der Waals surface area contributed by atoms with Gasteiger partial charge in [0.15, 0.2) is 0 Å². The third-order valence-corrected chi connectivity index (χ3v) is 6.56. The lowest BCUT2D eigenvalue weighted by molar-refractivity contribution is -0.137. The number of hydrogen-bond acceptors (Lipinski definition) is 3. The van der Waals surface area contributed by atoms with Crippen molar-refractivity contribution in [3.63, 3.8) is 0 Å². The lowest BCUT2D eigenvalue weighted by atomic mass is 9.91. The number of alkyl halides is 3. The van der Waals surface area contributed by atoms with Gasteiger partial charge in [0.05, 0.1) is 17.9 Å². The van der Waals surface area contributed by atoms with Crippen molar-refractivity contribution in [1.29, 1.82) is 0 Å². The Bertz CT molecular complexity index is 992. The minimum absolute atomic E-state index is 0.561. The summed E-state index contributed by atoms with van der Waals surface area (Å²) in [6, 6.07) is 11.5. The molecule has 152 valence electrons. The number of benzene rings is 2. The normalized spacial score (nSPS) is 13.9. The zero-order valence-electron chi connectivity index (χ0n) is 16.2. The predicted molar refractivity (Wildman–Crippen MR) is 110 cm³/mol. The van der Waals surface area contributed by atoms with Crippen molar-refractivity contribution in [3.8, 4) is 16.3 Å². The van der Waals surface area contributed by atoms with Gasteiger partial charge in [0.1, 0.15) is 10.8 Å². The SMILES string of the molecule is Cc1nc(-c2ccc(C(F)(F)F)cc2)sc1CCOc1cccc2c1CCCC2. The van der Waals surface area contributed by atoms with Gasteiger partial charge in [-0.25, -0.2) is 4.98 Å². The van der Waals surface area contributed by atoms with Gasteiger partial charge in [0.25, 0.3) is 0 Å². The van der Waals surface area contributed by atoms with Gasteiger partial charge in [0, 0.05) is 16.9 Å². The second-order valence-electron chi connectivity index (χ2n) is 7.30. The van der Waals surface area contributed by atoms with E-state index in [1.165, 1.54) is 47.4 Å². The van der Waals surface area contributed by atoms with Gasteiger partial charge >= 0.3 is 6.18 Å². The number of rotatable bonds is 5. The van der Waals surface area contributed by atoms with Crippen molar-refractivity contribution >= 4 is 11.3 Å². The number of aromatic nitrogens is 1. The highest BCUT2D eigenvalue weighted by Crippen LogP contribution is 2.33. The van der Waals surface area contributed by atoms with E-state index in [1.807, 2.05) is 13.0 Å². The fraction of sp³-hybridized carbons (Fsp3) is 0.348. The minimum Gasteiger partial charge on any atom is -0.493 e. The smallest absolute Gasteiger partial charge is 0.416 e. The highest BCUT2D eigenvalue weighted by Gasteiger charge is 2.30. The molecule has 0 aliphatic heterocycles. The van der Waals surface area contributed by atoms with Crippen LogP contribution in [0.4, 0.5) is 13.2 Å². The summed E-state index contributed by atoms with van der Waals surface area (Å²) in [6.07, 6.45) is 1.05. The molecule has 2 nitrogen and oxygen atoms in total. The standard InChI is InChI=1S/C23H22F3NOS/c1-15-21(13-14-28-20-8-4-6-16-5-2-3-7-19(16)20)29-22(27-15)17-9-11-18(12-10-17)23(24,25)26/h4,6,8-12H,2-3,5,7,13-14H2,1H3. The van der Waals surface area contributed by atoms with E-state index in [1.54, 1.807) is 0 Å². The molecule has 1 aliphatic rings. The van der Waals surface area contributed by atoms with E-state index in [9.17, 15) is 13.2 Å². The van der Waals surface area contributed by atoms with Gasteiger partial charge in [-0.2, -0.15) is 13.2 Å². The highest BCUT2D eigenvalue weighted by molar-refractivity contribution is 7.15. The molecule has 0 spiro atoms. The van der Waals surface area contributed by atoms with Gasteiger partial charge in [0.2, 0.25) is 0 Å². The first-order valence-electron chi connectivity index (χ1n) is 9.79. The molecule has 0 atom stereocenters. The zero-order chi connectivity index (χ0) is 20.4. The summed E-state index contributed by atoms with van der Waals surface area (Å²) < 4.78 is 44.3. The maximum absolute atomic E-state index is 12.7. The van der Waals surface area contributed by atoms with Crippen molar-refractivity contribution in [1.82, 2.24) is 4.98 Å². The molecule has 0 bridgehead atoms. The maximum Gasteiger partial charge on any atom is 0.416 e. The van der Waals surface area contributed by atoms with Gasteiger partial charge in [-0.3, -0.25) is 0 Å². The largest absolute Gasteiger partial charge is 0.493 e. The molecular formula is C23H22F3NOS. The summed E-state index contributed by atoms with van der Waals surface area (Å²) in [5.41, 5.74) is 3.70. The Morgan fingerprint density at radius 1 is 1.03 bits per heavy atom. The highest BCUT2D eigenvalue weighted by atomic mass is 32.1. The molecule has 0 saturated heterocycles. The molecule has 0 amide bonds. The molecule has 29 heavy (non-hydrogen) atoms. The van der Waals surface area contributed by atoms with Crippen molar-refractivity contribution in [2.75, 3.05) is 6.61 Å². The molecule has 4 rings (SSSR count). The Hall–Kier alpha value is -2.34. The Balaban J connectivity index is 1.43. The summed E-state index contributed by atoms with van der Waals surface area (Å²) in [6.45, 7) is 2.50. The average Bonchev–Trinajstić information content (AvgIpc) is 3.08. The van der Waals surface area contributed by atoms with Crippen LogP contribution in [0.1, 0.15) is 40.1 Å². The van der Waals surface area contributed by atoms with E-state index < -0.39 is 11.7 Å². The third kappa shape index (κ3) is 4.47. The number of halogens is 3. The molecule has 1 aliphatic carbocycles. The van der Waals surface area contributed by atoms with E-state index in [0.717, 1.165) is 52.7 Å². The first kappa shape index (κ1) is 20.0. The first-order chi connectivity index (χ1) is 13.9. The van der Waals surface area contributed by atoms with Crippen LogP contribution >= 0.6 is 11.3 Å². The molecule has 1 aromatic heterocycles. The lowest BCUT2D eigenvalue weighted by Gasteiger charge is -2.19. The second kappa shape index (κ2) is 8.19. The van der Waals surface area contributed by atoms with Crippen LogP contribution in [0.15, 0.2) is 42.5 Å². The molecule has 0 unspecified atom stereocenters. The number of hydrogen-bond donors (Lipinski definition) is 0. The quantitative estimate of drug-likeness (QED) is 0.464. The Labute approximate surface area is 172 Å². The summed E-state index contributed by atoms with van der Waals surface area (Å²) >= 11 is 1.52. The molecular weight excluding hydrogens is 395 g/mol. The average molecular weight is 417 g/mol. The summed E-state index contributed by atoms with van der Waals surface area (Å²) in [5.74, 6) is 0.979. The van der Waals surface area contributed by atoms with Crippen LogP contribution in [0.3, 0.4) is 0 Å². The monoisotopic (exact) mass is 417 g/mol. The Kier molecular flexibility index (Phi) is 5.63. The van der Waals surface area contributed by atoms with E-state index in [2.05, 4.69) is 17.1 Å². The lowest BCUT2D eigenvalue weighted by Crippen LogP contribution is -2.08. The molecule has 3 aromatic rings.